The molecule has 0 atom stereocenters. The van der Waals surface area contributed by atoms with Gasteiger partial charge in [0.05, 0.1) is 7.11 Å². The number of rotatable bonds is 5. The van der Waals surface area contributed by atoms with Gasteiger partial charge in [-0.05, 0) is 6.42 Å². The minimum atomic E-state index is -0.392. The van der Waals surface area contributed by atoms with Crippen LogP contribution in [0.5, 0.6) is 0 Å². The molecule has 0 aromatic carbocycles. The van der Waals surface area contributed by atoms with Gasteiger partial charge in [0.2, 0.25) is 6.54 Å². The van der Waals surface area contributed by atoms with E-state index in [4.69, 9.17) is 10.1 Å². The molecule has 9 heteroatoms. The van der Waals surface area contributed by atoms with Crippen LogP contribution in [0.15, 0.2) is 5.34 Å². The first-order chi connectivity index (χ1) is 6.58. The van der Waals surface area contributed by atoms with Crippen molar-refractivity contribution in [2.45, 2.75) is 19.3 Å². The van der Waals surface area contributed by atoms with Crippen molar-refractivity contribution in [3.8, 4) is 0 Å². The maximum Gasteiger partial charge on any atom is 1.00 e. The molecule has 0 fully saturated rings. The summed E-state index contributed by atoms with van der Waals surface area (Å²) in [6.07, 6.45) is 1.22. The Hall–Kier alpha value is -0.990. The normalized spacial score (nSPS) is 7.53. The van der Waals surface area contributed by atoms with Crippen molar-refractivity contribution in [3.05, 3.63) is 20.2 Å². The predicted octanol–water partition coefficient (Wildman–Crippen LogP) is 0.854. The molecule has 0 aliphatic rings. The summed E-state index contributed by atoms with van der Waals surface area (Å²) in [5.74, 6) is -0.312. The minimum absolute atomic E-state index is 0. The summed E-state index contributed by atoms with van der Waals surface area (Å²) >= 11 is 0. The number of methoxy groups -OCH3 is 1. The van der Waals surface area contributed by atoms with E-state index in [-0.39, 0.29) is 41.3 Å². The molecule has 0 saturated heterocycles. The molecule has 0 saturated carbocycles. The monoisotopic (exact) mass is 314 g/mol. The van der Waals surface area contributed by atoms with E-state index in [0.29, 0.717) is 12.8 Å². The van der Waals surface area contributed by atoms with Gasteiger partial charge < -0.3 is 14.9 Å². The first-order valence-electron chi connectivity index (χ1n) is 3.72. The van der Waals surface area contributed by atoms with E-state index < -0.39 is 4.92 Å². The van der Waals surface area contributed by atoms with E-state index >= 15 is 0 Å². The van der Waals surface area contributed by atoms with Crippen molar-refractivity contribution in [2.75, 3.05) is 13.7 Å². The molecule has 0 radical (unpaired) electrons. The fraction of sp³-hybridized carbons (Fsp3) is 0.833. The quantitative estimate of drug-likeness (QED) is 0.185. The Balaban J connectivity index is -0.000000320. The molecule has 0 aromatic rings. The summed E-state index contributed by atoms with van der Waals surface area (Å²) < 4.78 is 4.35. The maximum atomic E-state index is 10.5. The van der Waals surface area contributed by atoms with Crippen LogP contribution >= 0.6 is 0 Å². The van der Waals surface area contributed by atoms with Gasteiger partial charge in [-0.3, -0.25) is 14.9 Å². The van der Waals surface area contributed by atoms with Crippen LogP contribution in [-0.2, 0) is 31.9 Å². The summed E-state index contributed by atoms with van der Waals surface area (Å²) in [5, 5.41) is 18.8. The van der Waals surface area contributed by atoms with Crippen molar-refractivity contribution in [1.29, 1.82) is 0 Å². The van der Waals surface area contributed by atoms with Gasteiger partial charge in [-0.1, -0.05) is 0 Å². The van der Waals surface area contributed by atoms with Gasteiger partial charge in [-0.25, -0.2) is 0 Å². The molecule has 0 rings (SSSR count). The van der Waals surface area contributed by atoms with Crippen LogP contribution in [0.1, 0.15) is 19.3 Å². The summed E-state index contributed by atoms with van der Waals surface area (Å²) in [7, 11) is 1.30. The molecule has 0 N–H and O–H groups in total. The van der Waals surface area contributed by atoms with E-state index in [9.17, 15) is 14.9 Å². The SMILES string of the molecule is COC(=O)CCCC[N+](=O)[O-].O=N[O-].[Ag+]. The van der Waals surface area contributed by atoms with Crippen molar-refractivity contribution >= 4 is 5.97 Å². The summed E-state index contributed by atoms with van der Waals surface area (Å²) in [6.45, 7) is -0.0724. The molecule has 0 aliphatic carbocycles. The molecular weight excluding hydrogens is 304 g/mol. The zero-order chi connectivity index (χ0) is 11.4. The second kappa shape index (κ2) is 15.5. The Bertz CT molecular complexity index is 188. The first kappa shape index (κ1) is 19.6. The van der Waals surface area contributed by atoms with Crippen LogP contribution in [-0.4, -0.2) is 24.5 Å². The number of hydrogen-bond acceptors (Lipinski definition) is 7. The van der Waals surface area contributed by atoms with Crippen LogP contribution in [0.25, 0.3) is 0 Å². The van der Waals surface area contributed by atoms with Crippen LogP contribution in [0.4, 0.5) is 0 Å². The molecule has 0 heterocycles. The number of nitro groups is 1. The Labute approximate surface area is 102 Å². The van der Waals surface area contributed by atoms with Crippen LogP contribution in [0, 0.1) is 20.2 Å². The standard InChI is InChI=1S/C6H11NO4.Ag.HNO2/c1-11-6(8)4-2-3-5-7(9)10;;2-1-3/h2-5H2,1H3;;(H,2,3)/q;+1;/p-1. The molecule has 0 aromatic heterocycles. The zero-order valence-corrected chi connectivity index (χ0v) is 9.46. The molecule has 0 spiro atoms. The third kappa shape index (κ3) is 24.6. The largest absolute Gasteiger partial charge is 1.00 e. The average Bonchev–Trinajstić information content (AvgIpc) is 2.13. The number of ether oxygens (including phenoxy) is 1. The van der Waals surface area contributed by atoms with Crippen LogP contribution < -0.4 is 0 Å². The van der Waals surface area contributed by atoms with Gasteiger partial charge in [0.1, 0.15) is 0 Å². The molecule has 15 heavy (non-hydrogen) atoms. The van der Waals surface area contributed by atoms with Gasteiger partial charge in [0, 0.05) is 17.8 Å². The number of carbonyl (C=O) groups is 1. The average molecular weight is 315 g/mol. The van der Waals surface area contributed by atoms with Crippen molar-refractivity contribution in [3.63, 3.8) is 0 Å². The van der Waals surface area contributed by atoms with Gasteiger partial charge in [-0.2, -0.15) is 0 Å². The number of nitrogens with zero attached hydrogens (tertiary/aromatic N) is 2. The summed E-state index contributed by atoms with van der Waals surface area (Å²) in [5.41, 5.74) is 0. The Morgan fingerprint density at radius 3 is 2.27 bits per heavy atom. The van der Waals surface area contributed by atoms with Gasteiger partial charge in [0.15, 0.2) is 0 Å². The van der Waals surface area contributed by atoms with E-state index in [2.05, 4.69) is 4.74 Å². The maximum absolute atomic E-state index is 10.5. The number of hydrogen-bond donors (Lipinski definition) is 0. The zero-order valence-electron chi connectivity index (χ0n) is 7.97. The molecule has 0 bridgehead atoms. The molecule has 92 valence electrons. The molecular formula is C6H11AgN2O6. The fourth-order valence-corrected chi connectivity index (χ4v) is 0.612. The fourth-order valence-electron chi connectivity index (χ4n) is 0.612. The van der Waals surface area contributed by atoms with E-state index in [1.165, 1.54) is 7.11 Å². The number of carbonyl (C=O) groups excluding carboxylic acids is 1. The molecule has 0 unspecified atom stereocenters. The smallest absolute Gasteiger partial charge is 0.469 e. The second-order valence-corrected chi connectivity index (χ2v) is 2.16. The number of unbranched alkanes of at least 4 members (excludes halogenated alkanes) is 1. The van der Waals surface area contributed by atoms with Gasteiger partial charge in [0.25, 0.3) is 0 Å². The van der Waals surface area contributed by atoms with Crippen molar-refractivity contribution in [1.82, 2.24) is 0 Å². The molecule has 8 nitrogen and oxygen atoms in total. The Kier molecular flexibility index (Phi) is 20.2. The number of esters is 1. The predicted molar refractivity (Wildman–Crippen MR) is 46.9 cm³/mol. The topological polar surface area (TPSA) is 122 Å². The third-order valence-corrected chi connectivity index (χ3v) is 1.20. The summed E-state index contributed by atoms with van der Waals surface area (Å²) in [4.78, 5) is 27.9. The van der Waals surface area contributed by atoms with E-state index in [1.807, 2.05) is 0 Å². The Morgan fingerprint density at radius 1 is 1.47 bits per heavy atom. The van der Waals surface area contributed by atoms with E-state index in [1.54, 1.807) is 0 Å². The Morgan fingerprint density at radius 2 is 1.93 bits per heavy atom. The second-order valence-electron chi connectivity index (χ2n) is 2.16. The van der Waals surface area contributed by atoms with Crippen molar-refractivity contribution < 1.29 is 36.8 Å². The first-order valence-corrected chi connectivity index (χ1v) is 3.72. The van der Waals surface area contributed by atoms with E-state index in [0.717, 1.165) is 5.34 Å². The summed E-state index contributed by atoms with van der Waals surface area (Å²) in [6, 6.07) is 0. The molecule has 0 aliphatic heterocycles. The minimum Gasteiger partial charge on any atom is -0.469 e. The van der Waals surface area contributed by atoms with Crippen molar-refractivity contribution in [2.24, 2.45) is 5.34 Å². The van der Waals surface area contributed by atoms with Gasteiger partial charge in [-0.15, -0.1) is 5.34 Å². The van der Waals surface area contributed by atoms with Crippen LogP contribution in [0.2, 0.25) is 0 Å². The van der Waals surface area contributed by atoms with Gasteiger partial charge >= 0.3 is 28.3 Å². The third-order valence-electron chi connectivity index (χ3n) is 1.20. The van der Waals surface area contributed by atoms with Crippen LogP contribution in [0.3, 0.4) is 0 Å². The molecule has 0 amide bonds.